The van der Waals surface area contributed by atoms with Gasteiger partial charge in [-0.3, -0.25) is 4.79 Å². The molecule has 8 nitrogen and oxygen atoms in total. The summed E-state index contributed by atoms with van der Waals surface area (Å²) in [5, 5.41) is 51.4. The molecule has 9 atom stereocenters. The first-order valence-corrected chi connectivity index (χ1v) is 9.95. The largest absolute Gasteiger partial charge is 0.394 e. The molecule has 158 valence electrons. The summed E-state index contributed by atoms with van der Waals surface area (Å²) in [5.41, 5.74) is -1.98. The zero-order valence-corrected chi connectivity index (χ0v) is 16.4. The van der Waals surface area contributed by atoms with Gasteiger partial charge < -0.3 is 35.0 Å². The molecule has 0 aromatic carbocycles. The maximum absolute atomic E-state index is 13.0. The van der Waals surface area contributed by atoms with Crippen molar-refractivity contribution in [1.82, 2.24) is 0 Å². The van der Waals surface area contributed by atoms with Crippen LogP contribution in [0.2, 0.25) is 0 Å². The second-order valence-electron chi connectivity index (χ2n) is 9.27. The molecule has 4 rings (SSSR count). The number of aliphatic hydroxyl groups excluding tert-OH is 4. The lowest BCUT2D eigenvalue weighted by Crippen LogP contribution is -2.64. The van der Waals surface area contributed by atoms with Gasteiger partial charge in [-0.1, -0.05) is 18.6 Å². The molecule has 3 fully saturated rings. The molecule has 0 aromatic heterocycles. The Morgan fingerprint density at radius 1 is 1.21 bits per heavy atom. The van der Waals surface area contributed by atoms with Crippen molar-refractivity contribution in [3.05, 3.63) is 11.6 Å². The number of carbonyl (C=O) groups is 1. The van der Waals surface area contributed by atoms with Crippen molar-refractivity contribution in [3.63, 3.8) is 0 Å². The highest BCUT2D eigenvalue weighted by Gasteiger charge is 2.72. The highest BCUT2D eigenvalue weighted by molar-refractivity contribution is 5.89. The zero-order valence-electron chi connectivity index (χ0n) is 16.4. The summed E-state index contributed by atoms with van der Waals surface area (Å²) >= 11 is 0. The van der Waals surface area contributed by atoms with E-state index in [1.807, 2.05) is 13.0 Å². The van der Waals surface area contributed by atoms with E-state index in [2.05, 4.69) is 0 Å². The number of hydrogen-bond acceptors (Lipinski definition) is 8. The van der Waals surface area contributed by atoms with Crippen LogP contribution in [-0.2, 0) is 14.3 Å². The van der Waals surface area contributed by atoms with Crippen LogP contribution in [0.15, 0.2) is 11.6 Å². The summed E-state index contributed by atoms with van der Waals surface area (Å²) in [6.45, 7) is 4.83. The molecule has 1 heterocycles. The molecule has 0 amide bonds. The zero-order chi connectivity index (χ0) is 20.6. The molecule has 4 aliphatic rings. The minimum Gasteiger partial charge on any atom is -0.394 e. The minimum absolute atomic E-state index is 0.0929. The number of hydrogen-bond donors (Lipinski definition) is 5. The summed E-state index contributed by atoms with van der Waals surface area (Å²) in [5.74, 6) is -1.27. The first kappa shape index (κ1) is 20.4. The summed E-state index contributed by atoms with van der Waals surface area (Å²) in [4.78, 5) is 13.0. The Morgan fingerprint density at radius 2 is 1.86 bits per heavy atom. The van der Waals surface area contributed by atoms with Crippen LogP contribution < -0.4 is 0 Å². The smallest absolute Gasteiger partial charge is 0.187 e. The minimum atomic E-state index is -1.57. The lowest BCUT2D eigenvalue weighted by Gasteiger charge is -2.52. The molecule has 3 aliphatic carbocycles. The lowest BCUT2D eigenvalue weighted by atomic mass is 9.61. The van der Waals surface area contributed by atoms with Gasteiger partial charge in [0.1, 0.15) is 35.8 Å². The normalized spacial score (nSPS) is 52.5. The molecule has 5 N–H and O–H groups in total. The Bertz CT molecular complexity index is 696. The average molecular weight is 398 g/mol. The molecule has 0 bridgehead atoms. The third-order valence-corrected chi connectivity index (χ3v) is 7.56. The summed E-state index contributed by atoms with van der Waals surface area (Å²) in [6.07, 6.45) is -3.27. The van der Waals surface area contributed by atoms with Gasteiger partial charge >= 0.3 is 0 Å². The Balaban J connectivity index is 1.73. The topological polar surface area (TPSA) is 137 Å². The molecule has 2 unspecified atom stereocenters. The van der Waals surface area contributed by atoms with E-state index >= 15 is 0 Å². The van der Waals surface area contributed by atoms with Gasteiger partial charge in [0.2, 0.25) is 0 Å². The summed E-state index contributed by atoms with van der Waals surface area (Å²) in [7, 11) is 0. The fourth-order valence-corrected chi connectivity index (χ4v) is 5.85. The Hall–Kier alpha value is -0.870. The SMILES string of the molecule is CC1=CC2(OC3O[C@H](CO)[C@@H](O)[C@H](O)[C@H]3O)C[C@@H](C)C(=O)[C@@H]2[C@](C)(O)C12CC2. The molecule has 1 spiro atoms. The fraction of sp³-hybridized carbons (Fsp3) is 0.850. The van der Waals surface area contributed by atoms with E-state index < -0.39 is 59.8 Å². The van der Waals surface area contributed by atoms with Crippen LogP contribution in [0.5, 0.6) is 0 Å². The van der Waals surface area contributed by atoms with E-state index in [1.165, 1.54) is 0 Å². The standard InChI is InChI=1S/C20H30O8/c1-9-6-20(28-17-15(25)14(24)13(23)11(8-21)27-17)7-10(2)19(4-5-19)18(3,26)16(20)12(9)22/h7,9,11,13-17,21,23-26H,4-6,8H2,1-3H3/t9-,11-,13-,14+,15-,16-,17?,18+,20?/m1/s1. The number of ether oxygens (including phenoxy) is 2. The van der Waals surface area contributed by atoms with Crippen molar-refractivity contribution in [3.8, 4) is 0 Å². The Labute approximate surface area is 163 Å². The molecule has 1 aliphatic heterocycles. The van der Waals surface area contributed by atoms with Crippen LogP contribution in [0.4, 0.5) is 0 Å². The van der Waals surface area contributed by atoms with Crippen LogP contribution in [0.25, 0.3) is 0 Å². The second-order valence-corrected chi connectivity index (χ2v) is 9.27. The molecular formula is C20H30O8. The number of carbonyl (C=O) groups excluding carboxylic acids is 1. The Morgan fingerprint density at radius 3 is 2.43 bits per heavy atom. The van der Waals surface area contributed by atoms with Crippen LogP contribution in [0.3, 0.4) is 0 Å². The monoisotopic (exact) mass is 398 g/mol. The number of ketones is 1. The first-order chi connectivity index (χ1) is 13.0. The van der Waals surface area contributed by atoms with E-state index in [0.29, 0.717) is 6.42 Å². The Kier molecular flexibility index (Phi) is 4.60. The van der Waals surface area contributed by atoms with Crippen molar-refractivity contribution in [2.24, 2.45) is 17.3 Å². The van der Waals surface area contributed by atoms with Gasteiger partial charge in [0.25, 0.3) is 0 Å². The van der Waals surface area contributed by atoms with Crippen molar-refractivity contribution in [2.75, 3.05) is 6.61 Å². The van der Waals surface area contributed by atoms with Crippen LogP contribution in [0, 0.1) is 17.3 Å². The number of aliphatic hydroxyl groups is 5. The van der Waals surface area contributed by atoms with Gasteiger partial charge in [-0.25, -0.2) is 0 Å². The lowest BCUT2D eigenvalue weighted by molar-refractivity contribution is -0.330. The van der Waals surface area contributed by atoms with Gasteiger partial charge in [0.05, 0.1) is 18.1 Å². The van der Waals surface area contributed by atoms with Gasteiger partial charge in [0, 0.05) is 11.3 Å². The highest BCUT2D eigenvalue weighted by atomic mass is 16.7. The van der Waals surface area contributed by atoms with Crippen LogP contribution in [0.1, 0.15) is 40.0 Å². The first-order valence-electron chi connectivity index (χ1n) is 9.95. The van der Waals surface area contributed by atoms with Gasteiger partial charge in [-0.15, -0.1) is 0 Å². The van der Waals surface area contributed by atoms with E-state index in [0.717, 1.165) is 18.4 Å². The van der Waals surface area contributed by atoms with Crippen molar-refractivity contribution < 1.29 is 39.8 Å². The van der Waals surface area contributed by atoms with Gasteiger partial charge in [-0.2, -0.15) is 0 Å². The summed E-state index contributed by atoms with van der Waals surface area (Å²) < 4.78 is 11.7. The van der Waals surface area contributed by atoms with E-state index in [1.54, 1.807) is 13.8 Å². The third-order valence-electron chi connectivity index (χ3n) is 7.56. The second kappa shape index (κ2) is 6.31. The van der Waals surface area contributed by atoms with Crippen molar-refractivity contribution >= 4 is 5.78 Å². The molecule has 8 heteroatoms. The van der Waals surface area contributed by atoms with E-state index in [9.17, 15) is 30.3 Å². The van der Waals surface area contributed by atoms with Crippen LogP contribution in [-0.4, -0.2) is 79.8 Å². The quantitative estimate of drug-likeness (QED) is 0.392. The molecular weight excluding hydrogens is 368 g/mol. The third kappa shape index (κ3) is 2.52. The van der Waals surface area contributed by atoms with Gasteiger partial charge in [0.15, 0.2) is 6.29 Å². The van der Waals surface area contributed by atoms with Crippen LogP contribution >= 0.6 is 0 Å². The number of fused-ring (bicyclic) bond motifs is 1. The molecule has 1 saturated heterocycles. The molecule has 2 saturated carbocycles. The fourth-order valence-electron chi connectivity index (χ4n) is 5.85. The highest BCUT2D eigenvalue weighted by Crippen LogP contribution is 2.68. The average Bonchev–Trinajstić information content (AvgIpc) is 3.39. The molecule has 0 radical (unpaired) electrons. The van der Waals surface area contributed by atoms with E-state index in [4.69, 9.17) is 9.47 Å². The number of Topliss-reactive ketones (excluding diaryl/α,β-unsaturated/α-hetero) is 1. The van der Waals surface area contributed by atoms with Gasteiger partial charge in [-0.05, 0) is 33.1 Å². The molecule has 0 aromatic rings. The predicted octanol–water partition coefficient (Wildman–Crippen LogP) is -0.742. The molecule has 28 heavy (non-hydrogen) atoms. The van der Waals surface area contributed by atoms with Crippen molar-refractivity contribution in [2.45, 2.75) is 81.9 Å². The maximum atomic E-state index is 13.0. The summed E-state index contributed by atoms with van der Waals surface area (Å²) in [6, 6.07) is 0. The maximum Gasteiger partial charge on any atom is 0.187 e. The number of rotatable bonds is 3. The predicted molar refractivity (Wildman–Crippen MR) is 95.9 cm³/mol. The van der Waals surface area contributed by atoms with Crippen molar-refractivity contribution in [1.29, 1.82) is 0 Å². The van der Waals surface area contributed by atoms with E-state index in [-0.39, 0.29) is 11.7 Å².